The Morgan fingerprint density at radius 1 is 1.08 bits per heavy atom. The molecule has 1 atom stereocenters. The van der Waals surface area contributed by atoms with Crippen LogP contribution in [0.25, 0.3) is 0 Å². The summed E-state index contributed by atoms with van der Waals surface area (Å²) in [5.74, 6) is 0.186. The molecule has 2 aromatic rings. The number of nitrogens with one attached hydrogen (secondary N) is 2. The maximum Gasteiger partial charge on any atom is 0.261 e. The highest BCUT2D eigenvalue weighted by molar-refractivity contribution is 9.10. The van der Waals surface area contributed by atoms with Crippen molar-refractivity contribution in [2.24, 2.45) is 0 Å². The third kappa shape index (κ3) is 5.74. The average molecular weight is 441 g/mol. The predicted octanol–water partition coefficient (Wildman–Crippen LogP) is 3.54. The van der Waals surface area contributed by atoms with Crippen LogP contribution in [0.4, 0.5) is 5.69 Å². The van der Waals surface area contributed by atoms with Gasteiger partial charge >= 0.3 is 0 Å². The SMILES string of the molecule is CC(C)NC(=O)[C@@H](C)Oc1ccc(S(=O)(=O)Nc2cccc(Br)c2)cc1. The van der Waals surface area contributed by atoms with Crippen LogP contribution in [0, 0.1) is 0 Å². The fourth-order valence-electron chi connectivity index (χ4n) is 2.12. The van der Waals surface area contributed by atoms with E-state index >= 15 is 0 Å². The minimum Gasteiger partial charge on any atom is -0.481 e. The maximum absolute atomic E-state index is 12.4. The lowest BCUT2D eigenvalue weighted by Crippen LogP contribution is -2.40. The van der Waals surface area contributed by atoms with Gasteiger partial charge in [0, 0.05) is 16.2 Å². The van der Waals surface area contributed by atoms with Crippen molar-refractivity contribution in [3.63, 3.8) is 0 Å². The molecule has 0 radical (unpaired) electrons. The third-order valence-electron chi connectivity index (χ3n) is 3.32. The van der Waals surface area contributed by atoms with Gasteiger partial charge in [0.25, 0.3) is 15.9 Å². The summed E-state index contributed by atoms with van der Waals surface area (Å²) < 4.78 is 33.7. The quantitative estimate of drug-likeness (QED) is 0.689. The third-order valence-corrected chi connectivity index (χ3v) is 5.21. The largest absolute Gasteiger partial charge is 0.481 e. The average Bonchev–Trinajstić information content (AvgIpc) is 2.54. The first-order valence-electron chi connectivity index (χ1n) is 8.03. The van der Waals surface area contributed by atoms with Crippen molar-refractivity contribution in [3.05, 3.63) is 53.0 Å². The lowest BCUT2D eigenvalue weighted by molar-refractivity contribution is -0.127. The molecule has 0 saturated heterocycles. The van der Waals surface area contributed by atoms with Gasteiger partial charge in [-0.25, -0.2) is 8.42 Å². The van der Waals surface area contributed by atoms with Crippen LogP contribution in [-0.2, 0) is 14.8 Å². The standard InChI is InChI=1S/C18H21BrN2O4S/c1-12(2)20-18(22)13(3)25-16-7-9-17(10-8-16)26(23,24)21-15-6-4-5-14(19)11-15/h4-13,21H,1-3H3,(H,20,22)/t13-/m1/s1. The van der Waals surface area contributed by atoms with Crippen LogP contribution < -0.4 is 14.8 Å². The molecule has 0 aliphatic heterocycles. The molecule has 0 unspecified atom stereocenters. The summed E-state index contributed by atoms with van der Waals surface area (Å²) in [6.07, 6.45) is -0.681. The molecule has 0 aliphatic rings. The van der Waals surface area contributed by atoms with E-state index in [1.54, 1.807) is 31.2 Å². The van der Waals surface area contributed by atoms with E-state index in [-0.39, 0.29) is 16.8 Å². The molecular formula is C18H21BrN2O4S. The number of halogens is 1. The lowest BCUT2D eigenvalue weighted by Gasteiger charge is -2.16. The van der Waals surface area contributed by atoms with E-state index < -0.39 is 16.1 Å². The van der Waals surface area contributed by atoms with Gasteiger partial charge in [-0.15, -0.1) is 0 Å². The number of benzene rings is 2. The van der Waals surface area contributed by atoms with Crippen LogP contribution in [-0.4, -0.2) is 26.5 Å². The summed E-state index contributed by atoms with van der Waals surface area (Å²) in [6.45, 7) is 5.36. The van der Waals surface area contributed by atoms with E-state index in [0.717, 1.165) is 4.47 Å². The van der Waals surface area contributed by atoms with Gasteiger partial charge in [-0.3, -0.25) is 9.52 Å². The van der Waals surface area contributed by atoms with Gasteiger partial charge in [0.1, 0.15) is 5.75 Å². The molecule has 2 rings (SSSR count). The summed E-state index contributed by atoms with van der Waals surface area (Å²) in [6, 6.07) is 12.8. The van der Waals surface area contributed by atoms with Crippen LogP contribution >= 0.6 is 15.9 Å². The van der Waals surface area contributed by atoms with E-state index in [1.807, 2.05) is 13.8 Å². The Morgan fingerprint density at radius 3 is 2.31 bits per heavy atom. The summed E-state index contributed by atoms with van der Waals surface area (Å²) in [5, 5.41) is 2.76. The van der Waals surface area contributed by atoms with Crippen molar-refractivity contribution in [3.8, 4) is 5.75 Å². The summed E-state index contributed by atoms with van der Waals surface area (Å²) in [7, 11) is -3.71. The Labute approximate surface area is 162 Å². The van der Waals surface area contributed by atoms with E-state index in [4.69, 9.17) is 4.74 Å². The number of anilines is 1. The lowest BCUT2D eigenvalue weighted by atomic mass is 10.3. The van der Waals surface area contributed by atoms with Crippen LogP contribution in [0.1, 0.15) is 20.8 Å². The number of sulfonamides is 1. The van der Waals surface area contributed by atoms with Gasteiger partial charge < -0.3 is 10.1 Å². The first-order valence-corrected chi connectivity index (χ1v) is 10.3. The number of rotatable bonds is 7. The predicted molar refractivity (Wildman–Crippen MR) is 105 cm³/mol. The van der Waals surface area contributed by atoms with Crippen molar-refractivity contribution in [1.29, 1.82) is 0 Å². The molecule has 2 N–H and O–H groups in total. The normalized spacial score (nSPS) is 12.5. The molecular weight excluding hydrogens is 420 g/mol. The molecule has 0 aliphatic carbocycles. The van der Waals surface area contributed by atoms with E-state index in [1.165, 1.54) is 24.3 Å². The molecule has 6 nitrogen and oxygen atoms in total. The van der Waals surface area contributed by atoms with Gasteiger partial charge in [0.05, 0.1) is 4.90 Å². The van der Waals surface area contributed by atoms with Crippen molar-refractivity contribution < 1.29 is 17.9 Å². The van der Waals surface area contributed by atoms with Crippen molar-refractivity contribution in [2.75, 3.05) is 4.72 Å². The molecule has 0 spiro atoms. The minimum atomic E-state index is -3.71. The molecule has 140 valence electrons. The second-order valence-corrected chi connectivity index (χ2v) is 8.61. The Bertz CT molecular complexity index is 867. The fourth-order valence-corrected chi connectivity index (χ4v) is 3.57. The van der Waals surface area contributed by atoms with E-state index in [9.17, 15) is 13.2 Å². The Kier molecular flexibility index (Phi) is 6.66. The summed E-state index contributed by atoms with van der Waals surface area (Å²) >= 11 is 3.30. The zero-order chi connectivity index (χ0) is 19.3. The molecule has 0 saturated carbocycles. The Balaban J connectivity index is 2.07. The first-order chi connectivity index (χ1) is 12.2. The number of hydrogen-bond acceptors (Lipinski definition) is 4. The van der Waals surface area contributed by atoms with Crippen LogP contribution in [0.2, 0.25) is 0 Å². The van der Waals surface area contributed by atoms with Crippen molar-refractivity contribution in [1.82, 2.24) is 5.32 Å². The fraction of sp³-hybridized carbons (Fsp3) is 0.278. The van der Waals surface area contributed by atoms with Crippen molar-refractivity contribution >= 4 is 37.5 Å². The molecule has 26 heavy (non-hydrogen) atoms. The minimum absolute atomic E-state index is 0.0187. The maximum atomic E-state index is 12.4. The van der Waals surface area contributed by atoms with Gasteiger partial charge in [0.2, 0.25) is 0 Å². The zero-order valence-electron chi connectivity index (χ0n) is 14.7. The second kappa shape index (κ2) is 8.55. The molecule has 2 aromatic carbocycles. The van der Waals surface area contributed by atoms with E-state index in [0.29, 0.717) is 11.4 Å². The number of hydrogen-bond donors (Lipinski definition) is 2. The molecule has 8 heteroatoms. The van der Waals surface area contributed by atoms with Crippen LogP contribution in [0.15, 0.2) is 57.9 Å². The Morgan fingerprint density at radius 2 is 1.73 bits per heavy atom. The zero-order valence-corrected chi connectivity index (χ0v) is 17.1. The molecule has 0 bridgehead atoms. The smallest absolute Gasteiger partial charge is 0.261 e. The monoisotopic (exact) mass is 440 g/mol. The number of carbonyl (C=O) groups excluding carboxylic acids is 1. The summed E-state index contributed by atoms with van der Waals surface area (Å²) in [5.41, 5.74) is 0.457. The number of ether oxygens (including phenoxy) is 1. The van der Waals surface area contributed by atoms with Gasteiger partial charge in [-0.05, 0) is 63.2 Å². The van der Waals surface area contributed by atoms with Gasteiger partial charge in [-0.2, -0.15) is 0 Å². The molecule has 0 aromatic heterocycles. The van der Waals surface area contributed by atoms with Crippen LogP contribution in [0.3, 0.4) is 0 Å². The molecule has 0 heterocycles. The Hall–Kier alpha value is -2.06. The van der Waals surface area contributed by atoms with Gasteiger partial charge in [0.15, 0.2) is 6.10 Å². The second-order valence-electron chi connectivity index (χ2n) is 6.01. The van der Waals surface area contributed by atoms with Gasteiger partial charge in [-0.1, -0.05) is 22.0 Å². The molecule has 1 amide bonds. The first kappa shape index (κ1) is 20.3. The topological polar surface area (TPSA) is 84.5 Å². The highest BCUT2D eigenvalue weighted by Gasteiger charge is 2.17. The molecule has 0 fully saturated rings. The van der Waals surface area contributed by atoms with E-state index in [2.05, 4.69) is 26.0 Å². The highest BCUT2D eigenvalue weighted by atomic mass is 79.9. The summed E-state index contributed by atoms with van der Waals surface area (Å²) in [4.78, 5) is 12.0. The van der Waals surface area contributed by atoms with Crippen molar-refractivity contribution in [2.45, 2.75) is 37.8 Å². The van der Waals surface area contributed by atoms with Crippen LogP contribution in [0.5, 0.6) is 5.75 Å². The highest BCUT2D eigenvalue weighted by Crippen LogP contribution is 2.22. The number of carbonyl (C=O) groups is 1. The number of amides is 1.